The number of benzene rings is 2. The molecule has 2 rings (SSSR count). The Morgan fingerprint density at radius 1 is 1.08 bits per heavy atom. The van der Waals surface area contributed by atoms with Crippen LogP contribution in [0.25, 0.3) is 6.08 Å². The molecular weight excluding hydrogens is 336 g/mol. The number of rotatable bonds is 8. The molecule has 5 heteroatoms. The molecule has 4 nitrogen and oxygen atoms in total. The number of hydrogen-bond donors (Lipinski definition) is 1. The van der Waals surface area contributed by atoms with Gasteiger partial charge in [-0.2, -0.15) is 0 Å². The zero-order valence-electron chi connectivity index (χ0n) is 14.1. The molecule has 132 valence electrons. The molecule has 0 spiro atoms. The molecule has 0 radical (unpaired) electrons. The molecular formula is C20H22O4S. The molecule has 2 aromatic carbocycles. The van der Waals surface area contributed by atoms with Crippen LogP contribution in [-0.2, 0) is 14.6 Å². The fraction of sp³-hybridized carbons (Fsp3) is 0.250. The molecule has 0 bridgehead atoms. The van der Waals surface area contributed by atoms with Gasteiger partial charge in [-0.3, -0.25) is 4.79 Å². The van der Waals surface area contributed by atoms with E-state index in [1.807, 2.05) is 49.4 Å². The van der Waals surface area contributed by atoms with E-state index >= 15 is 0 Å². The van der Waals surface area contributed by atoms with Crippen LogP contribution in [0.15, 0.2) is 65.6 Å². The van der Waals surface area contributed by atoms with E-state index in [4.69, 9.17) is 0 Å². The minimum absolute atomic E-state index is 0.0605. The highest BCUT2D eigenvalue weighted by Crippen LogP contribution is 2.21. The van der Waals surface area contributed by atoms with Crippen LogP contribution in [0, 0.1) is 6.92 Å². The lowest BCUT2D eigenvalue weighted by Crippen LogP contribution is -2.30. The average Bonchev–Trinajstić information content (AvgIpc) is 2.58. The summed E-state index contributed by atoms with van der Waals surface area (Å²) in [5, 5.41) is 7.95. The third-order valence-corrected chi connectivity index (χ3v) is 6.06. The molecule has 0 saturated heterocycles. The lowest BCUT2D eigenvalue weighted by molar-refractivity contribution is -0.136. The average molecular weight is 358 g/mol. The second-order valence-corrected chi connectivity index (χ2v) is 8.06. The normalized spacial score (nSPS) is 13.0. The van der Waals surface area contributed by atoms with Crippen LogP contribution in [0.3, 0.4) is 0 Å². The number of carbonyl (C=O) groups is 1. The maximum atomic E-state index is 12.6. The topological polar surface area (TPSA) is 71.4 Å². The summed E-state index contributed by atoms with van der Waals surface area (Å²) in [4.78, 5) is 11.5. The molecule has 0 aromatic heterocycles. The molecule has 0 aliphatic heterocycles. The fourth-order valence-corrected chi connectivity index (χ4v) is 4.09. The second kappa shape index (κ2) is 8.62. The molecule has 25 heavy (non-hydrogen) atoms. The highest BCUT2D eigenvalue weighted by atomic mass is 32.2. The largest absolute Gasteiger partial charge is 0.480 e. The number of carboxylic acids is 1. The van der Waals surface area contributed by atoms with Gasteiger partial charge in [-0.15, -0.1) is 0 Å². The van der Waals surface area contributed by atoms with E-state index in [0.717, 1.165) is 11.1 Å². The first-order valence-corrected chi connectivity index (χ1v) is 9.71. The number of hydrogen-bond acceptors (Lipinski definition) is 3. The maximum Gasteiger partial charge on any atom is 0.322 e. The highest BCUT2D eigenvalue weighted by molar-refractivity contribution is 7.92. The number of unbranched alkanes of at least 4 members (excludes halogenated alkanes) is 1. The number of aliphatic carboxylic acids is 1. The van der Waals surface area contributed by atoms with E-state index in [0.29, 0.717) is 12.8 Å². The molecule has 0 aliphatic rings. The van der Waals surface area contributed by atoms with Crippen molar-refractivity contribution in [2.75, 3.05) is 0 Å². The van der Waals surface area contributed by atoms with E-state index in [1.165, 1.54) is 12.1 Å². The molecule has 0 saturated carbocycles. The molecule has 0 amide bonds. The van der Waals surface area contributed by atoms with Gasteiger partial charge in [0.25, 0.3) is 0 Å². The van der Waals surface area contributed by atoms with Crippen molar-refractivity contribution in [2.45, 2.75) is 36.3 Å². The van der Waals surface area contributed by atoms with Crippen molar-refractivity contribution in [3.8, 4) is 0 Å². The van der Waals surface area contributed by atoms with Gasteiger partial charge in [-0.25, -0.2) is 8.42 Å². The van der Waals surface area contributed by atoms with Gasteiger partial charge in [0.1, 0.15) is 0 Å². The smallest absolute Gasteiger partial charge is 0.322 e. The van der Waals surface area contributed by atoms with Gasteiger partial charge in [0.15, 0.2) is 15.1 Å². The Labute approximate surface area is 148 Å². The number of carboxylic acid groups (broad SMARTS) is 1. The fourth-order valence-electron chi connectivity index (χ4n) is 2.51. The molecule has 1 N–H and O–H groups in total. The standard InChI is InChI=1S/C20H22O4S/c1-16-12-14-18(15-13-16)25(23,24)19(20(21)22)11-7-3-6-10-17-8-4-2-5-9-17/h2,4-6,8-10,12-15,19H,3,7,11H2,1H3,(H,21,22). The third-order valence-electron chi connectivity index (χ3n) is 3.95. The Kier molecular flexibility index (Phi) is 6.53. The Morgan fingerprint density at radius 2 is 1.72 bits per heavy atom. The first kappa shape index (κ1) is 18.9. The van der Waals surface area contributed by atoms with Crippen molar-refractivity contribution < 1.29 is 18.3 Å². The monoisotopic (exact) mass is 358 g/mol. The van der Waals surface area contributed by atoms with Crippen molar-refractivity contribution in [1.29, 1.82) is 0 Å². The van der Waals surface area contributed by atoms with Crippen LogP contribution in [-0.4, -0.2) is 24.7 Å². The van der Waals surface area contributed by atoms with E-state index in [-0.39, 0.29) is 11.3 Å². The van der Waals surface area contributed by atoms with Crippen LogP contribution < -0.4 is 0 Å². The minimum Gasteiger partial charge on any atom is -0.480 e. The molecule has 0 fully saturated rings. The zero-order chi connectivity index (χ0) is 18.3. The SMILES string of the molecule is Cc1ccc(S(=O)(=O)C(CCCC=Cc2ccccc2)C(=O)O)cc1. The Morgan fingerprint density at radius 3 is 2.32 bits per heavy atom. The van der Waals surface area contributed by atoms with Crippen LogP contribution in [0.4, 0.5) is 0 Å². The predicted molar refractivity (Wildman–Crippen MR) is 99.1 cm³/mol. The van der Waals surface area contributed by atoms with E-state index < -0.39 is 21.1 Å². The van der Waals surface area contributed by atoms with Crippen molar-refractivity contribution in [3.05, 3.63) is 71.8 Å². The minimum atomic E-state index is -3.88. The molecule has 2 aromatic rings. The van der Waals surface area contributed by atoms with Gasteiger partial charge in [0.2, 0.25) is 0 Å². The van der Waals surface area contributed by atoms with Gasteiger partial charge < -0.3 is 5.11 Å². The van der Waals surface area contributed by atoms with Crippen molar-refractivity contribution in [1.82, 2.24) is 0 Å². The summed E-state index contributed by atoms with van der Waals surface area (Å²) in [5.41, 5.74) is 1.99. The first-order chi connectivity index (χ1) is 11.9. The third kappa shape index (κ3) is 5.29. The van der Waals surface area contributed by atoms with Crippen molar-refractivity contribution in [2.24, 2.45) is 0 Å². The highest BCUT2D eigenvalue weighted by Gasteiger charge is 2.33. The van der Waals surface area contributed by atoms with E-state index in [9.17, 15) is 18.3 Å². The van der Waals surface area contributed by atoms with Gasteiger partial charge in [-0.1, -0.05) is 60.2 Å². The number of aryl methyl sites for hydroxylation is 1. The summed E-state index contributed by atoms with van der Waals surface area (Å²) in [5.74, 6) is -1.30. The Hall–Kier alpha value is -2.40. The second-order valence-electron chi connectivity index (χ2n) is 5.93. The summed E-state index contributed by atoms with van der Waals surface area (Å²) >= 11 is 0. The van der Waals surface area contributed by atoms with E-state index in [2.05, 4.69) is 0 Å². The van der Waals surface area contributed by atoms with Gasteiger partial charge in [-0.05, 0) is 43.9 Å². The molecule has 1 atom stereocenters. The quantitative estimate of drug-likeness (QED) is 0.721. The Balaban J connectivity index is 2.00. The zero-order valence-corrected chi connectivity index (χ0v) is 14.9. The number of allylic oxidation sites excluding steroid dienone is 1. The maximum absolute atomic E-state index is 12.6. The molecule has 0 aliphatic carbocycles. The van der Waals surface area contributed by atoms with Gasteiger partial charge in [0.05, 0.1) is 4.90 Å². The summed E-state index contributed by atoms with van der Waals surface area (Å²) in [6, 6.07) is 16.0. The lowest BCUT2D eigenvalue weighted by atomic mass is 10.1. The summed E-state index contributed by atoms with van der Waals surface area (Å²) in [6.07, 6.45) is 5.09. The van der Waals surface area contributed by atoms with Crippen LogP contribution in [0.2, 0.25) is 0 Å². The molecule has 1 unspecified atom stereocenters. The van der Waals surface area contributed by atoms with Crippen molar-refractivity contribution in [3.63, 3.8) is 0 Å². The lowest BCUT2D eigenvalue weighted by Gasteiger charge is -2.13. The summed E-state index contributed by atoms with van der Waals surface area (Å²) in [7, 11) is -3.88. The van der Waals surface area contributed by atoms with Gasteiger partial charge >= 0.3 is 5.97 Å². The van der Waals surface area contributed by atoms with Crippen LogP contribution in [0.5, 0.6) is 0 Å². The van der Waals surface area contributed by atoms with Crippen LogP contribution in [0.1, 0.15) is 30.4 Å². The predicted octanol–water partition coefficient (Wildman–Crippen LogP) is 4.11. The van der Waals surface area contributed by atoms with Crippen molar-refractivity contribution >= 4 is 21.9 Å². The van der Waals surface area contributed by atoms with E-state index in [1.54, 1.807) is 12.1 Å². The summed E-state index contributed by atoms with van der Waals surface area (Å²) in [6.45, 7) is 1.85. The number of sulfone groups is 1. The Bertz CT molecular complexity index is 822. The van der Waals surface area contributed by atoms with Gasteiger partial charge in [0, 0.05) is 0 Å². The molecule has 0 heterocycles. The first-order valence-electron chi connectivity index (χ1n) is 8.16. The summed E-state index contributed by atoms with van der Waals surface area (Å²) < 4.78 is 25.1. The van der Waals surface area contributed by atoms with Crippen LogP contribution >= 0.6 is 0 Å².